The van der Waals surface area contributed by atoms with E-state index in [2.05, 4.69) is 6.92 Å². The molecule has 0 bridgehead atoms. The number of unbranched alkanes of at least 4 members (excludes halogenated alkanes) is 3. The number of rotatable bonds is 7. The summed E-state index contributed by atoms with van der Waals surface area (Å²) in [7, 11) is 0. The van der Waals surface area contributed by atoms with Crippen LogP contribution in [-0.2, 0) is 9.47 Å². The predicted octanol–water partition coefficient (Wildman–Crippen LogP) is -0.617. The minimum Gasteiger partial charge on any atom is -0.394 e. The fourth-order valence-corrected chi connectivity index (χ4v) is 2.01. The quantitative estimate of drug-likeness (QED) is 0.458. The van der Waals surface area contributed by atoms with Crippen LogP contribution in [0.1, 0.15) is 32.6 Å². The third-order valence-corrected chi connectivity index (χ3v) is 3.15. The summed E-state index contributed by atoms with van der Waals surface area (Å²) >= 11 is 0. The van der Waals surface area contributed by atoms with E-state index in [0.717, 1.165) is 25.7 Å². The molecule has 0 spiro atoms. The molecular formula is C12H24O6. The second-order valence-electron chi connectivity index (χ2n) is 4.62. The van der Waals surface area contributed by atoms with Gasteiger partial charge in [0.2, 0.25) is 0 Å². The Morgan fingerprint density at radius 2 is 1.78 bits per heavy atom. The van der Waals surface area contributed by atoms with Gasteiger partial charge in [-0.15, -0.1) is 0 Å². The summed E-state index contributed by atoms with van der Waals surface area (Å²) in [5.41, 5.74) is 0. The zero-order valence-electron chi connectivity index (χ0n) is 10.7. The molecule has 5 atom stereocenters. The molecule has 0 saturated carbocycles. The van der Waals surface area contributed by atoms with Crippen LogP contribution in [0.3, 0.4) is 0 Å². The van der Waals surface area contributed by atoms with E-state index in [-0.39, 0.29) is 0 Å². The first-order valence-electron chi connectivity index (χ1n) is 6.54. The fourth-order valence-electron chi connectivity index (χ4n) is 2.01. The number of aliphatic hydroxyl groups is 4. The molecule has 1 fully saturated rings. The predicted molar refractivity (Wildman–Crippen MR) is 63.9 cm³/mol. The maximum Gasteiger partial charge on any atom is 0.184 e. The lowest BCUT2D eigenvalue weighted by atomic mass is 9.99. The Morgan fingerprint density at radius 1 is 1.06 bits per heavy atom. The number of hydrogen-bond donors (Lipinski definition) is 4. The van der Waals surface area contributed by atoms with Gasteiger partial charge in [0, 0.05) is 6.61 Å². The number of ether oxygens (including phenoxy) is 2. The molecule has 1 aliphatic rings. The van der Waals surface area contributed by atoms with Crippen molar-refractivity contribution >= 4 is 0 Å². The average molecular weight is 264 g/mol. The Morgan fingerprint density at radius 3 is 2.39 bits per heavy atom. The van der Waals surface area contributed by atoms with Crippen molar-refractivity contribution < 1.29 is 29.9 Å². The molecule has 0 radical (unpaired) electrons. The lowest BCUT2D eigenvalue weighted by molar-refractivity contribution is -0.294. The molecule has 0 unspecified atom stereocenters. The standard InChI is InChI=1S/C12H24O6/c1-2-3-4-5-6-17-11-9(14)8(7-13)18-12(16)10(11)15/h8-16H,2-7H2,1H3/t8-,9-,10-,11+,12-/m1/s1. The molecule has 1 saturated heterocycles. The number of aliphatic hydroxyl groups excluding tert-OH is 4. The van der Waals surface area contributed by atoms with E-state index in [0.29, 0.717) is 6.61 Å². The normalized spacial score (nSPS) is 36.8. The molecule has 0 aromatic carbocycles. The molecule has 6 nitrogen and oxygen atoms in total. The van der Waals surface area contributed by atoms with Crippen LogP contribution in [0.4, 0.5) is 0 Å². The maximum atomic E-state index is 9.84. The third kappa shape index (κ3) is 4.15. The van der Waals surface area contributed by atoms with Gasteiger partial charge in [-0.25, -0.2) is 0 Å². The molecule has 1 heterocycles. The summed E-state index contributed by atoms with van der Waals surface area (Å²) < 4.78 is 10.3. The number of hydrogen-bond acceptors (Lipinski definition) is 6. The van der Waals surface area contributed by atoms with Crippen LogP contribution >= 0.6 is 0 Å². The lowest BCUT2D eigenvalue weighted by Crippen LogP contribution is -2.59. The van der Waals surface area contributed by atoms with Gasteiger partial charge in [0.05, 0.1) is 6.61 Å². The van der Waals surface area contributed by atoms with Crippen LogP contribution in [0.5, 0.6) is 0 Å². The summed E-state index contributed by atoms with van der Waals surface area (Å²) in [5.74, 6) is 0. The zero-order chi connectivity index (χ0) is 13.5. The second kappa shape index (κ2) is 8.04. The molecular weight excluding hydrogens is 240 g/mol. The molecule has 0 aromatic heterocycles. The summed E-state index contributed by atoms with van der Waals surface area (Å²) in [4.78, 5) is 0. The first-order chi connectivity index (χ1) is 8.61. The van der Waals surface area contributed by atoms with Crippen molar-refractivity contribution in [2.24, 2.45) is 0 Å². The Kier molecular flexibility index (Phi) is 7.06. The highest BCUT2D eigenvalue weighted by atomic mass is 16.6. The van der Waals surface area contributed by atoms with Gasteiger partial charge in [-0.2, -0.15) is 0 Å². The molecule has 6 heteroatoms. The monoisotopic (exact) mass is 264 g/mol. The lowest BCUT2D eigenvalue weighted by Gasteiger charge is -2.39. The summed E-state index contributed by atoms with van der Waals surface area (Å²) in [6.07, 6.45) is -1.63. The Labute approximate surface area is 107 Å². The van der Waals surface area contributed by atoms with Gasteiger partial charge in [-0.05, 0) is 6.42 Å². The SMILES string of the molecule is CCCCCCO[C@@H]1[C@@H](O)[C@H](O)O[C@H](CO)[C@H]1O. The molecule has 18 heavy (non-hydrogen) atoms. The van der Waals surface area contributed by atoms with Gasteiger partial charge in [-0.1, -0.05) is 26.2 Å². The van der Waals surface area contributed by atoms with Crippen LogP contribution in [-0.4, -0.2) is 64.3 Å². The van der Waals surface area contributed by atoms with Gasteiger partial charge in [0.25, 0.3) is 0 Å². The van der Waals surface area contributed by atoms with Crippen molar-refractivity contribution in [1.82, 2.24) is 0 Å². The largest absolute Gasteiger partial charge is 0.394 e. The van der Waals surface area contributed by atoms with Crippen LogP contribution in [0.15, 0.2) is 0 Å². The molecule has 0 aliphatic carbocycles. The average Bonchev–Trinajstić information content (AvgIpc) is 2.37. The van der Waals surface area contributed by atoms with Crippen LogP contribution in [0.2, 0.25) is 0 Å². The first-order valence-corrected chi connectivity index (χ1v) is 6.54. The molecule has 1 rings (SSSR count). The summed E-state index contributed by atoms with van der Waals surface area (Å²) in [5, 5.41) is 37.9. The minimum absolute atomic E-state index is 0.406. The van der Waals surface area contributed by atoms with E-state index in [1.54, 1.807) is 0 Å². The summed E-state index contributed by atoms with van der Waals surface area (Å²) in [6, 6.07) is 0. The van der Waals surface area contributed by atoms with E-state index in [4.69, 9.17) is 14.6 Å². The van der Waals surface area contributed by atoms with Gasteiger partial charge >= 0.3 is 0 Å². The third-order valence-electron chi connectivity index (χ3n) is 3.15. The van der Waals surface area contributed by atoms with Crippen molar-refractivity contribution in [2.45, 2.75) is 63.3 Å². The van der Waals surface area contributed by atoms with Crippen molar-refractivity contribution in [3.05, 3.63) is 0 Å². The molecule has 0 aromatic rings. The van der Waals surface area contributed by atoms with E-state index in [1.807, 2.05) is 0 Å². The van der Waals surface area contributed by atoms with Crippen molar-refractivity contribution in [1.29, 1.82) is 0 Å². The molecule has 108 valence electrons. The minimum atomic E-state index is -1.44. The second-order valence-corrected chi connectivity index (χ2v) is 4.62. The van der Waals surface area contributed by atoms with Crippen LogP contribution in [0, 0.1) is 0 Å². The highest BCUT2D eigenvalue weighted by Gasteiger charge is 2.44. The van der Waals surface area contributed by atoms with Gasteiger partial charge in [0.15, 0.2) is 6.29 Å². The van der Waals surface area contributed by atoms with Crippen molar-refractivity contribution in [3.63, 3.8) is 0 Å². The Bertz CT molecular complexity index is 225. The first kappa shape index (κ1) is 15.8. The highest BCUT2D eigenvalue weighted by molar-refractivity contribution is 4.89. The molecule has 1 aliphatic heterocycles. The van der Waals surface area contributed by atoms with E-state index in [9.17, 15) is 15.3 Å². The Hall–Kier alpha value is -0.240. The highest BCUT2D eigenvalue weighted by Crippen LogP contribution is 2.22. The van der Waals surface area contributed by atoms with Gasteiger partial charge < -0.3 is 29.9 Å². The maximum absolute atomic E-state index is 9.84. The topological polar surface area (TPSA) is 99.4 Å². The van der Waals surface area contributed by atoms with Crippen LogP contribution in [0.25, 0.3) is 0 Å². The smallest absolute Gasteiger partial charge is 0.184 e. The van der Waals surface area contributed by atoms with Crippen LogP contribution < -0.4 is 0 Å². The van der Waals surface area contributed by atoms with Crippen molar-refractivity contribution in [3.8, 4) is 0 Å². The van der Waals surface area contributed by atoms with E-state index in [1.165, 1.54) is 0 Å². The van der Waals surface area contributed by atoms with Crippen molar-refractivity contribution in [2.75, 3.05) is 13.2 Å². The van der Waals surface area contributed by atoms with E-state index < -0.39 is 37.3 Å². The zero-order valence-corrected chi connectivity index (χ0v) is 10.7. The van der Waals surface area contributed by atoms with Gasteiger partial charge in [0.1, 0.15) is 24.4 Å². The fraction of sp³-hybridized carbons (Fsp3) is 1.00. The van der Waals surface area contributed by atoms with E-state index >= 15 is 0 Å². The van der Waals surface area contributed by atoms with Gasteiger partial charge in [-0.3, -0.25) is 0 Å². The molecule has 4 N–H and O–H groups in total. The Balaban J connectivity index is 2.39. The summed E-state index contributed by atoms with van der Waals surface area (Å²) in [6.45, 7) is 2.08. The molecule has 0 amide bonds.